The van der Waals surface area contributed by atoms with Crippen molar-refractivity contribution in [1.82, 2.24) is 9.88 Å². The molecule has 12 heteroatoms. The molecule has 0 atom stereocenters. The highest BCUT2D eigenvalue weighted by Gasteiger charge is 2.25. The fraction of sp³-hybridized carbons (Fsp3) is 0.282. The van der Waals surface area contributed by atoms with Crippen LogP contribution in [0.5, 0.6) is 11.5 Å². The molecule has 11 nitrogen and oxygen atoms in total. The van der Waals surface area contributed by atoms with Gasteiger partial charge >= 0.3 is 6.03 Å². The zero-order chi connectivity index (χ0) is 36.2. The molecule has 1 fully saturated rings. The summed E-state index contributed by atoms with van der Waals surface area (Å²) in [5, 5.41) is 7.71. The number of hydrogen-bond acceptors (Lipinski definition) is 8. The molecule has 0 aliphatic carbocycles. The third kappa shape index (κ3) is 8.25. The Morgan fingerprint density at radius 1 is 0.843 bits per heavy atom. The number of amides is 2. The Hall–Kier alpha value is -5.17. The topological polar surface area (TPSA) is 131 Å². The third-order valence-electron chi connectivity index (χ3n) is 8.80. The predicted octanol–water partition coefficient (Wildman–Crippen LogP) is 7.49. The predicted molar refractivity (Wildman–Crippen MR) is 201 cm³/mol. The maximum Gasteiger partial charge on any atom is 0.323 e. The number of ether oxygens (including phenoxy) is 3. The molecule has 0 unspecified atom stereocenters. The maximum absolute atomic E-state index is 13.6. The van der Waals surface area contributed by atoms with E-state index in [1.165, 1.54) is 26.4 Å². The van der Waals surface area contributed by atoms with Crippen LogP contribution in [0.25, 0.3) is 21.9 Å². The Kier molecular flexibility index (Phi) is 10.5. The Morgan fingerprint density at radius 3 is 2.25 bits per heavy atom. The van der Waals surface area contributed by atoms with Gasteiger partial charge < -0.3 is 24.8 Å². The van der Waals surface area contributed by atoms with Gasteiger partial charge in [0, 0.05) is 42.8 Å². The number of urea groups is 1. The van der Waals surface area contributed by atoms with E-state index in [1.54, 1.807) is 24.3 Å². The van der Waals surface area contributed by atoms with E-state index in [-0.39, 0.29) is 16.3 Å². The van der Waals surface area contributed by atoms with Crippen LogP contribution in [0.1, 0.15) is 32.0 Å². The number of hydrogen-bond donors (Lipinski definition) is 3. The van der Waals surface area contributed by atoms with Crippen molar-refractivity contribution in [2.45, 2.75) is 37.6 Å². The van der Waals surface area contributed by atoms with Crippen molar-refractivity contribution < 1.29 is 27.4 Å². The van der Waals surface area contributed by atoms with Gasteiger partial charge in [-0.05, 0) is 58.3 Å². The summed E-state index contributed by atoms with van der Waals surface area (Å²) in [6.07, 6.45) is 1.89. The molecule has 51 heavy (non-hydrogen) atoms. The normalized spacial score (nSPS) is 13.8. The van der Waals surface area contributed by atoms with E-state index in [0.717, 1.165) is 66.0 Å². The van der Waals surface area contributed by atoms with Gasteiger partial charge in [-0.2, -0.15) is 0 Å². The van der Waals surface area contributed by atoms with Gasteiger partial charge in [0.2, 0.25) is 0 Å². The van der Waals surface area contributed by atoms with Crippen LogP contribution in [0, 0.1) is 0 Å². The van der Waals surface area contributed by atoms with Gasteiger partial charge in [-0.25, -0.2) is 13.2 Å². The van der Waals surface area contributed by atoms with Gasteiger partial charge in [-0.15, -0.1) is 0 Å². The molecule has 1 aliphatic heterocycles. The van der Waals surface area contributed by atoms with Crippen molar-refractivity contribution in [1.29, 1.82) is 0 Å². The number of nitrogens with zero attached hydrogens (tertiary/aromatic N) is 2. The Balaban J connectivity index is 1.26. The van der Waals surface area contributed by atoms with E-state index in [1.807, 2.05) is 63.4 Å². The highest BCUT2D eigenvalue weighted by Crippen LogP contribution is 2.40. The summed E-state index contributed by atoms with van der Waals surface area (Å²) in [4.78, 5) is 20.7. The van der Waals surface area contributed by atoms with Crippen molar-refractivity contribution in [3.8, 4) is 22.6 Å². The van der Waals surface area contributed by atoms with E-state index >= 15 is 0 Å². The number of sulfonamides is 1. The number of anilines is 3. The molecule has 0 spiro atoms. The van der Waals surface area contributed by atoms with E-state index in [0.29, 0.717) is 17.1 Å². The number of nitrogens with one attached hydrogen (secondary N) is 3. The second-order valence-electron chi connectivity index (χ2n) is 13.4. The minimum absolute atomic E-state index is 0.0207. The highest BCUT2D eigenvalue weighted by molar-refractivity contribution is 7.92. The van der Waals surface area contributed by atoms with Gasteiger partial charge in [-0.1, -0.05) is 63.2 Å². The number of morpholine rings is 1. The minimum Gasteiger partial charge on any atom is -0.497 e. The molecule has 6 rings (SSSR count). The molecule has 0 saturated carbocycles. The minimum atomic E-state index is -4.04. The smallest absolute Gasteiger partial charge is 0.323 e. The standard InChI is InChI=1S/C39H43N5O6S/c1-39(2,3)27-21-35(37(49-5)36(22-27)43-51(46,47)30-10-8-9-29(23-30)48-4)42-38(45)41-34-16-15-31(32-11-6-7-12-33(32)34)26-13-14-28(40-24-26)25-44-17-19-50-20-18-44/h6-16,21-24,43H,17-20,25H2,1-5H3,(H2,41,42,45). The molecule has 4 aromatic carbocycles. The largest absolute Gasteiger partial charge is 0.497 e. The highest BCUT2D eigenvalue weighted by atomic mass is 32.2. The lowest BCUT2D eigenvalue weighted by Gasteiger charge is -2.26. The molecule has 3 N–H and O–H groups in total. The lowest BCUT2D eigenvalue weighted by molar-refractivity contribution is 0.0336. The molecule has 2 heterocycles. The van der Waals surface area contributed by atoms with Gasteiger partial charge in [0.05, 0.1) is 55.1 Å². The quantitative estimate of drug-likeness (QED) is 0.136. The van der Waals surface area contributed by atoms with Crippen LogP contribution in [-0.2, 0) is 26.7 Å². The van der Waals surface area contributed by atoms with Crippen LogP contribution in [0.2, 0.25) is 0 Å². The SMILES string of the molecule is COc1cccc(S(=O)(=O)Nc2cc(C(C)(C)C)cc(NC(=O)Nc3ccc(-c4ccc(CN5CCOCC5)nc4)c4ccccc34)c2OC)c1. The van der Waals surface area contributed by atoms with Gasteiger partial charge in [0.25, 0.3) is 10.0 Å². The third-order valence-corrected chi connectivity index (χ3v) is 10.2. The molecular weight excluding hydrogens is 667 g/mol. The number of rotatable bonds is 10. The molecule has 5 aromatic rings. The zero-order valence-electron chi connectivity index (χ0n) is 29.4. The number of benzene rings is 4. The van der Waals surface area contributed by atoms with E-state index in [2.05, 4.69) is 32.4 Å². The van der Waals surface area contributed by atoms with E-state index in [4.69, 9.17) is 19.2 Å². The second kappa shape index (κ2) is 15.0. The van der Waals surface area contributed by atoms with Crippen LogP contribution in [-0.4, -0.2) is 64.9 Å². The summed E-state index contributed by atoms with van der Waals surface area (Å²) in [5.74, 6) is 0.566. The van der Waals surface area contributed by atoms with Crippen LogP contribution in [0.15, 0.2) is 96.0 Å². The number of aromatic nitrogens is 1. The molecular formula is C39H43N5O6S. The van der Waals surface area contributed by atoms with Crippen LogP contribution in [0.4, 0.5) is 21.9 Å². The lowest BCUT2D eigenvalue weighted by atomic mass is 9.86. The summed E-state index contributed by atoms with van der Waals surface area (Å²) in [7, 11) is -1.15. The zero-order valence-corrected chi connectivity index (χ0v) is 30.3. The molecule has 2 amide bonds. The van der Waals surface area contributed by atoms with Crippen molar-refractivity contribution in [2.24, 2.45) is 0 Å². The summed E-state index contributed by atoms with van der Waals surface area (Å²) in [5.41, 5.74) is 4.45. The molecule has 0 bridgehead atoms. The summed E-state index contributed by atoms with van der Waals surface area (Å²) < 4.78 is 46.0. The summed E-state index contributed by atoms with van der Waals surface area (Å²) >= 11 is 0. The first-order valence-electron chi connectivity index (χ1n) is 16.7. The second-order valence-corrected chi connectivity index (χ2v) is 15.0. The average molecular weight is 710 g/mol. The van der Waals surface area contributed by atoms with E-state index < -0.39 is 21.5 Å². The number of methoxy groups -OCH3 is 2. The summed E-state index contributed by atoms with van der Waals surface area (Å²) in [6.45, 7) is 10.1. The van der Waals surface area contributed by atoms with Crippen molar-refractivity contribution >= 4 is 43.9 Å². The molecule has 266 valence electrons. The number of carbonyl (C=O) groups is 1. The Morgan fingerprint density at radius 2 is 1.57 bits per heavy atom. The van der Waals surface area contributed by atoms with Crippen LogP contribution in [0.3, 0.4) is 0 Å². The molecule has 1 saturated heterocycles. The van der Waals surface area contributed by atoms with Crippen LogP contribution < -0.4 is 24.8 Å². The van der Waals surface area contributed by atoms with Crippen molar-refractivity contribution in [2.75, 3.05) is 55.9 Å². The molecule has 1 aromatic heterocycles. The molecule has 1 aliphatic rings. The van der Waals surface area contributed by atoms with Crippen LogP contribution >= 0.6 is 0 Å². The average Bonchev–Trinajstić information content (AvgIpc) is 3.12. The monoisotopic (exact) mass is 709 g/mol. The van der Waals surface area contributed by atoms with Crippen molar-refractivity contribution in [3.63, 3.8) is 0 Å². The van der Waals surface area contributed by atoms with Crippen molar-refractivity contribution in [3.05, 3.63) is 102 Å². The van der Waals surface area contributed by atoms with Gasteiger partial charge in [0.1, 0.15) is 5.75 Å². The number of fused-ring (bicyclic) bond motifs is 1. The Labute approximate surface area is 299 Å². The molecule has 0 radical (unpaired) electrons. The Bertz CT molecular complexity index is 2140. The van der Waals surface area contributed by atoms with Gasteiger partial charge in [0.15, 0.2) is 5.75 Å². The number of carbonyl (C=O) groups excluding carboxylic acids is 1. The number of pyridine rings is 1. The fourth-order valence-electron chi connectivity index (χ4n) is 6.02. The lowest BCUT2D eigenvalue weighted by Crippen LogP contribution is -2.35. The first-order valence-corrected chi connectivity index (χ1v) is 18.2. The maximum atomic E-state index is 13.6. The first kappa shape index (κ1) is 35.6. The van der Waals surface area contributed by atoms with Gasteiger partial charge in [-0.3, -0.25) is 14.6 Å². The fourth-order valence-corrected chi connectivity index (χ4v) is 7.11. The summed E-state index contributed by atoms with van der Waals surface area (Å²) in [6, 6.07) is 25.0. The first-order chi connectivity index (χ1) is 24.4. The van der Waals surface area contributed by atoms with E-state index in [9.17, 15) is 13.2 Å².